The van der Waals surface area contributed by atoms with Crippen molar-refractivity contribution in [2.75, 3.05) is 37.6 Å². The van der Waals surface area contributed by atoms with Crippen molar-refractivity contribution in [1.29, 1.82) is 0 Å². The van der Waals surface area contributed by atoms with Gasteiger partial charge in [-0.1, -0.05) is 36.4 Å². The number of hydrogen-bond acceptors (Lipinski definition) is 4. The van der Waals surface area contributed by atoms with E-state index in [1.807, 2.05) is 42.5 Å². The lowest BCUT2D eigenvalue weighted by Gasteiger charge is -2.32. The highest BCUT2D eigenvalue weighted by atomic mass is 16.1. The van der Waals surface area contributed by atoms with Gasteiger partial charge in [0.1, 0.15) is 0 Å². The molecule has 0 spiro atoms. The Hall–Kier alpha value is -2.99. The van der Waals surface area contributed by atoms with Gasteiger partial charge >= 0.3 is 0 Å². The topological polar surface area (TPSA) is 54.9 Å². The van der Waals surface area contributed by atoms with Gasteiger partial charge in [0, 0.05) is 10.8 Å². The van der Waals surface area contributed by atoms with Crippen LogP contribution in [0.5, 0.6) is 0 Å². The number of piperazine rings is 1. The summed E-state index contributed by atoms with van der Waals surface area (Å²) in [6, 6.07) is 15.6. The van der Waals surface area contributed by atoms with Crippen LogP contribution in [0, 0.1) is 0 Å². The lowest BCUT2D eigenvalue weighted by Crippen LogP contribution is -3.14. The highest BCUT2D eigenvalue weighted by molar-refractivity contribution is 6.01. The van der Waals surface area contributed by atoms with Gasteiger partial charge in [-0.15, -0.1) is 5.10 Å². The monoisotopic (exact) mass is 360 g/mol. The van der Waals surface area contributed by atoms with Crippen LogP contribution < -0.4 is 15.4 Å². The molecule has 0 aliphatic carbocycles. The van der Waals surface area contributed by atoms with E-state index in [1.54, 1.807) is 4.90 Å². The molecule has 1 aliphatic heterocycles. The number of fused-ring (bicyclic) bond motifs is 4. The molecule has 0 atom stereocenters. The molecule has 0 bridgehead atoms. The third-order valence-electron chi connectivity index (χ3n) is 5.63. The predicted molar refractivity (Wildman–Crippen MR) is 108 cm³/mol. The molecule has 1 saturated heterocycles. The first kappa shape index (κ1) is 16.2. The van der Waals surface area contributed by atoms with Crippen LogP contribution >= 0.6 is 0 Å². The van der Waals surface area contributed by atoms with Crippen molar-refractivity contribution in [3.8, 4) is 0 Å². The minimum atomic E-state index is -0.111. The molecular formula is C21H22N5O+. The van der Waals surface area contributed by atoms with Crippen LogP contribution in [0.25, 0.3) is 27.3 Å². The number of para-hydroxylation sites is 1. The van der Waals surface area contributed by atoms with E-state index < -0.39 is 0 Å². The van der Waals surface area contributed by atoms with Crippen LogP contribution in [0.4, 0.5) is 5.82 Å². The fourth-order valence-electron chi connectivity index (χ4n) is 4.03. The number of hydrogen-bond donors (Lipinski definition) is 1. The minimum absolute atomic E-state index is 0.111. The van der Waals surface area contributed by atoms with Gasteiger partial charge < -0.3 is 9.80 Å². The second-order valence-corrected chi connectivity index (χ2v) is 7.13. The summed E-state index contributed by atoms with van der Waals surface area (Å²) in [5.41, 5.74) is 1.22. The van der Waals surface area contributed by atoms with Crippen LogP contribution in [0.15, 0.2) is 53.3 Å². The van der Waals surface area contributed by atoms with E-state index in [1.165, 1.54) is 4.52 Å². The summed E-state index contributed by atoms with van der Waals surface area (Å²) >= 11 is 0. The Morgan fingerprint density at radius 2 is 1.63 bits per heavy atom. The lowest BCUT2D eigenvalue weighted by molar-refractivity contribution is -0.898. The maximum absolute atomic E-state index is 13.1. The van der Waals surface area contributed by atoms with E-state index in [0.29, 0.717) is 16.6 Å². The fourth-order valence-corrected chi connectivity index (χ4v) is 4.03. The van der Waals surface area contributed by atoms with Gasteiger partial charge in [-0.05, 0) is 19.1 Å². The van der Waals surface area contributed by atoms with Crippen molar-refractivity contribution in [3.05, 3.63) is 58.9 Å². The Morgan fingerprint density at radius 1 is 0.963 bits per heavy atom. The normalized spacial score (nSPS) is 15.8. The number of likely N-dealkylation sites (N-methyl/N-ethyl adjacent to an activating group) is 1. The Balaban J connectivity index is 1.79. The first-order chi connectivity index (χ1) is 13.3. The average Bonchev–Trinajstić information content (AvgIpc) is 2.74. The van der Waals surface area contributed by atoms with Crippen molar-refractivity contribution in [3.63, 3.8) is 0 Å². The Morgan fingerprint density at radius 3 is 2.37 bits per heavy atom. The second kappa shape index (κ2) is 6.32. The quantitative estimate of drug-likeness (QED) is 0.430. The van der Waals surface area contributed by atoms with Gasteiger partial charge in [0.15, 0.2) is 11.5 Å². The molecule has 0 unspecified atom stereocenters. The highest BCUT2D eigenvalue weighted by Gasteiger charge is 2.23. The first-order valence-corrected chi connectivity index (χ1v) is 9.55. The number of aromatic nitrogens is 3. The maximum Gasteiger partial charge on any atom is 0.282 e. The number of quaternary nitrogens is 1. The van der Waals surface area contributed by atoms with Crippen molar-refractivity contribution in [2.45, 2.75) is 6.92 Å². The highest BCUT2D eigenvalue weighted by Crippen LogP contribution is 2.27. The lowest BCUT2D eigenvalue weighted by atomic mass is 10.1. The van der Waals surface area contributed by atoms with Gasteiger partial charge in [-0.2, -0.15) is 4.52 Å². The van der Waals surface area contributed by atoms with Gasteiger partial charge in [0.2, 0.25) is 0 Å². The van der Waals surface area contributed by atoms with E-state index in [-0.39, 0.29) is 5.56 Å². The summed E-state index contributed by atoms with van der Waals surface area (Å²) in [5.74, 6) is 0.882. The van der Waals surface area contributed by atoms with E-state index in [4.69, 9.17) is 10.1 Å². The Kier molecular flexibility index (Phi) is 3.79. The number of rotatable bonds is 2. The Bertz CT molecular complexity index is 1210. The van der Waals surface area contributed by atoms with E-state index >= 15 is 0 Å². The van der Waals surface area contributed by atoms with Crippen LogP contribution in [0.1, 0.15) is 6.92 Å². The third-order valence-corrected chi connectivity index (χ3v) is 5.63. The van der Waals surface area contributed by atoms with Gasteiger partial charge in [0.25, 0.3) is 5.56 Å². The number of nitrogens with one attached hydrogen (secondary N) is 1. The molecule has 1 fully saturated rings. The van der Waals surface area contributed by atoms with Crippen molar-refractivity contribution >= 4 is 33.1 Å². The van der Waals surface area contributed by atoms with Crippen LogP contribution in [0.2, 0.25) is 0 Å². The third kappa shape index (κ3) is 2.56. The predicted octanol–water partition coefficient (Wildman–Crippen LogP) is 1.12. The molecule has 0 saturated carbocycles. The summed E-state index contributed by atoms with van der Waals surface area (Å²) < 4.78 is 1.49. The summed E-state index contributed by atoms with van der Waals surface area (Å²) in [6.07, 6.45) is 0. The molecule has 2 aromatic carbocycles. The first-order valence-electron chi connectivity index (χ1n) is 9.55. The van der Waals surface area contributed by atoms with Gasteiger partial charge in [0.05, 0.1) is 43.6 Å². The molecule has 5 rings (SSSR count). The van der Waals surface area contributed by atoms with E-state index in [9.17, 15) is 4.79 Å². The molecule has 27 heavy (non-hydrogen) atoms. The molecule has 0 radical (unpaired) electrons. The molecular weight excluding hydrogens is 338 g/mol. The largest absolute Gasteiger partial charge is 0.343 e. The number of benzene rings is 2. The second-order valence-electron chi connectivity index (χ2n) is 7.13. The number of nitrogens with zero attached hydrogens (tertiary/aromatic N) is 4. The zero-order valence-corrected chi connectivity index (χ0v) is 15.4. The maximum atomic E-state index is 13.1. The molecule has 1 N–H and O–H groups in total. The van der Waals surface area contributed by atoms with Gasteiger partial charge in [-0.3, -0.25) is 4.79 Å². The van der Waals surface area contributed by atoms with Crippen molar-refractivity contribution in [1.82, 2.24) is 14.6 Å². The molecule has 136 valence electrons. The summed E-state index contributed by atoms with van der Waals surface area (Å²) in [6.45, 7) is 7.45. The molecule has 3 heterocycles. The van der Waals surface area contributed by atoms with E-state index in [0.717, 1.165) is 49.3 Å². The molecule has 0 amide bonds. The van der Waals surface area contributed by atoms with Crippen LogP contribution in [-0.4, -0.2) is 47.3 Å². The standard InChI is InChI=1S/C21H21N5O/c1-2-24-11-13-25(14-12-24)20-16-8-4-3-7-15(16)19-22-18-10-6-5-9-17(18)21(27)26(19)23-20/h3-10H,2,11-14H2,1H3/p+1. The van der Waals surface area contributed by atoms with Crippen LogP contribution in [-0.2, 0) is 0 Å². The SMILES string of the molecule is CC[NH+]1CCN(c2nn3c(=O)c4ccccc4nc3c3ccccc23)CC1. The van der Waals surface area contributed by atoms with Crippen molar-refractivity contribution < 1.29 is 4.90 Å². The smallest absolute Gasteiger partial charge is 0.282 e. The van der Waals surface area contributed by atoms with Crippen LogP contribution in [0.3, 0.4) is 0 Å². The molecule has 2 aromatic heterocycles. The summed E-state index contributed by atoms with van der Waals surface area (Å²) in [4.78, 5) is 21.8. The summed E-state index contributed by atoms with van der Waals surface area (Å²) in [5, 5.41) is 7.41. The average molecular weight is 360 g/mol. The summed E-state index contributed by atoms with van der Waals surface area (Å²) in [7, 11) is 0. The Labute approximate surface area is 156 Å². The molecule has 4 aromatic rings. The number of anilines is 1. The molecule has 6 heteroatoms. The fraction of sp³-hybridized carbons (Fsp3) is 0.286. The zero-order valence-electron chi connectivity index (χ0n) is 15.4. The zero-order chi connectivity index (χ0) is 18.4. The van der Waals surface area contributed by atoms with Crippen molar-refractivity contribution in [2.24, 2.45) is 0 Å². The molecule has 1 aliphatic rings. The van der Waals surface area contributed by atoms with E-state index in [2.05, 4.69) is 17.9 Å². The molecule has 6 nitrogen and oxygen atoms in total. The van der Waals surface area contributed by atoms with Gasteiger partial charge in [-0.25, -0.2) is 4.98 Å². The minimum Gasteiger partial charge on any atom is -0.343 e.